The number of nitrogens with zero attached hydrogens (tertiary/aromatic N) is 2. The zero-order valence-electron chi connectivity index (χ0n) is 19.3. The molecule has 2 aromatic rings. The Balaban J connectivity index is 1.43. The Kier molecular flexibility index (Phi) is 6.74. The van der Waals surface area contributed by atoms with Gasteiger partial charge in [0.05, 0.1) is 10.6 Å². The smallest absolute Gasteiger partial charge is 0.261 e. The number of carbonyl (C=O) groups is 2. The van der Waals surface area contributed by atoms with Gasteiger partial charge in [-0.15, -0.1) is 0 Å². The first-order valence-corrected chi connectivity index (χ1v) is 13.0. The van der Waals surface area contributed by atoms with Gasteiger partial charge >= 0.3 is 0 Å². The molecule has 0 bridgehead atoms. The summed E-state index contributed by atoms with van der Waals surface area (Å²) in [4.78, 5) is 28.9. The number of fused-ring (bicyclic) bond motifs is 1. The van der Waals surface area contributed by atoms with E-state index in [0.717, 1.165) is 54.7 Å². The first-order valence-electron chi connectivity index (χ1n) is 11.6. The number of sulfonamides is 1. The second-order valence-electron chi connectivity index (χ2n) is 8.95. The molecule has 0 radical (unpaired) electrons. The van der Waals surface area contributed by atoms with Gasteiger partial charge in [0.2, 0.25) is 11.8 Å². The Labute approximate surface area is 195 Å². The van der Waals surface area contributed by atoms with Crippen molar-refractivity contribution in [3.63, 3.8) is 0 Å². The second-order valence-corrected chi connectivity index (χ2v) is 10.6. The number of hydrogen-bond donors (Lipinski definition) is 1. The third-order valence-corrected chi connectivity index (χ3v) is 7.82. The van der Waals surface area contributed by atoms with Crippen molar-refractivity contribution in [2.75, 3.05) is 29.3 Å². The molecule has 176 valence electrons. The van der Waals surface area contributed by atoms with E-state index in [1.807, 2.05) is 36.9 Å². The number of carbonyl (C=O) groups excluding carboxylic acids is 2. The number of benzene rings is 2. The van der Waals surface area contributed by atoms with Crippen molar-refractivity contribution in [2.24, 2.45) is 0 Å². The lowest BCUT2D eigenvalue weighted by molar-refractivity contribution is -0.133. The average Bonchev–Trinajstić information content (AvgIpc) is 3.23. The summed E-state index contributed by atoms with van der Waals surface area (Å²) in [5.74, 6) is -0.0512. The Morgan fingerprint density at radius 1 is 0.909 bits per heavy atom. The van der Waals surface area contributed by atoms with E-state index in [1.54, 1.807) is 17.0 Å². The monoisotopic (exact) mass is 469 g/mol. The lowest BCUT2D eigenvalue weighted by atomic mass is 10.1. The van der Waals surface area contributed by atoms with E-state index in [1.165, 1.54) is 6.07 Å². The number of anilines is 2. The Bertz CT molecular complexity index is 1170. The molecule has 1 fully saturated rings. The summed E-state index contributed by atoms with van der Waals surface area (Å²) in [7, 11) is -3.75. The molecule has 7 nitrogen and oxygen atoms in total. The molecule has 4 rings (SSSR count). The highest BCUT2D eigenvalue weighted by atomic mass is 32.2. The minimum atomic E-state index is -3.75. The fourth-order valence-electron chi connectivity index (χ4n) is 4.50. The summed E-state index contributed by atoms with van der Waals surface area (Å²) in [6.07, 6.45) is 4.20. The quantitative estimate of drug-likeness (QED) is 0.697. The first kappa shape index (κ1) is 23.3. The number of amides is 2. The molecule has 0 aromatic heterocycles. The van der Waals surface area contributed by atoms with Crippen LogP contribution in [0, 0.1) is 13.8 Å². The van der Waals surface area contributed by atoms with Crippen LogP contribution in [0.2, 0.25) is 0 Å². The standard InChI is InChI=1S/C25H31N3O4S/c1-18-6-7-19(2)22(16-18)26-33(31,32)21-8-9-23-20(17-21)12-15-28(23)25(30)11-10-24(29)27-13-4-3-5-14-27/h6-9,16-17,26H,3-5,10-15H2,1-2H3. The zero-order chi connectivity index (χ0) is 23.6. The van der Waals surface area contributed by atoms with Gasteiger partial charge in [0.25, 0.3) is 10.0 Å². The maximum atomic E-state index is 13.0. The molecular formula is C25H31N3O4S. The highest BCUT2D eigenvalue weighted by Gasteiger charge is 2.28. The van der Waals surface area contributed by atoms with Gasteiger partial charge in [0.1, 0.15) is 0 Å². The van der Waals surface area contributed by atoms with Crippen molar-refractivity contribution in [3.8, 4) is 0 Å². The molecule has 2 aliphatic heterocycles. The number of hydrogen-bond acceptors (Lipinski definition) is 4. The summed E-state index contributed by atoms with van der Waals surface area (Å²) in [5, 5.41) is 0. The van der Waals surface area contributed by atoms with E-state index in [9.17, 15) is 18.0 Å². The average molecular weight is 470 g/mol. The van der Waals surface area contributed by atoms with E-state index < -0.39 is 10.0 Å². The molecule has 0 saturated carbocycles. The summed E-state index contributed by atoms with van der Waals surface area (Å²) in [6, 6.07) is 10.5. The van der Waals surface area contributed by atoms with Crippen LogP contribution in [-0.4, -0.2) is 44.8 Å². The van der Waals surface area contributed by atoms with Gasteiger partial charge in [-0.1, -0.05) is 12.1 Å². The zero-order valence-corrected chi connectivity index (χ0v) is 20.1. The molecule has 0 unspecified atom stereocenters. The Hall–Kier alpha value is -2.87. The van der Waals surface area contributed by atoms with Crippen LogP contribution in [0.5, 0.6) is 0 Å². The van der Waals surface area contributed by atoms with Crippen LogP contribution in [0.15, 0.2) is 41.3 Å². The molecule has 1 N–H and O–H groups in total. The van der Waals surface area contributed by atoms with Crippen LogP contribution in [-0.2, 0) is 26.0 Å². The number of nitrogens with one attached hydrogen (secondary N) is 1. The summed E-state index contributed by atoms with van der Waals surface area (Å²) in [5.41, 5.74) is 3.94. The van der Waals surface area contributed by atoms with Crippen LogP contribution >= 0.6 is 0 Å². The molecule has 2 aliphatic rings. The molecule has 0 atom stereocenters. The lowest BCUT2D eigenvalue weighted by Crippen LogP contribution is -2.37. The molecule has 0 aliphatic carbocycles. The normalized spacial score (nSPS) is 15.9. The molecule has 8 heteroatoms. The molecule has 1 saturated heterocycles. The largest absolute Gasteiger partial charge is 0.343 e. The van der Waals surface area contributed by atoms with Gasteiger partial charge < -0.3 is 9.80 Å². The predicted molar refractivity (Wildman–Crippen MR) is 129 cm³/mol. The first-order chi connectivity index (χ1) is 15.7. The van der Waals surface area contributed by atoms with E-state index in [2.05, 4.69) is 4.72 Å². The fraction of sp³-hybridized carbons (Fsp3) is 0.440. The van der Waals surface area contributed by atoms with Gasteiger partial charge in [-0.2, -0.15) is 0 Å². The highest BCUT2D eigenvalue weighted by Crippen LogP contribution is 2.32. The summed E-state index contributed by atoms with van der Waals surface area (Å²) >= 11 is 0. The van der Waals surface area contributed by atoms with Gasteiger partial charge in [0, 0.05) is 38.2 Å². The van der Waals surface area contributed by atoms with E-state index in [-0.39, 0.29) is 29.6 Å². The Morgan fingerprint density at radius 3 is 2.39 bits per heavy atom. The van der Waals surface area contributed by atoms with Crippen LogP contribution in [0.25, 0.3) is 0 Å². The van der Waals surface area contributed by atoms with Crippen molar-refractivity contribution in [2.45, 2.75) is 57.3 Å². The third-order valence-electron chi connectivity index (χ3n) is 6.46. The SMILES string of the molecule is Cc1ccc(C)c(NS(=O)(=O)c2ccc3c(c2)CCN3C(=O)CCC(=O)N2CCCCC2)c1. The summed E-state index contributed by atoms with van der Waals surface area (Å²) in [6.45, 7) is 5.84. The van der Waals surface area contributed by atoms with E-state index in [0.29, 0.717) is 18.7 Å². The van der Waals surface area contributed by atoms with Crippen LogP contribution < -0.4 is 9.62 Å². The van der Waals surface area contributed by atoms with Crippen molar-refractivity contribution < 1.29 is 18.0 Å². The van der Waals surface area contributed by atoms with Gasteiger partial charge in [0.15, 0.2) is 0 Å². The van der Waals surface area contributed by atoms with E-state index >= 15 is 0 Å². The van der Waals surface area contributed by atoms with Crippen LogP contribution in [0.3, 0.4) is 0 Å². The predicted octanol–water partition coefficient (Wildman–Crippen LogP) is 3.79. The number of rotatable bonds is 6. The number of likely N-dealkylation sites (tertiary alicyclic amines) is 1. The van der Waals surface area contributed by atoms with Gasteiger partial charge in [-0.25, -0.2) is 8.42 Å². The number of piperidine rings is 1. The van der Waals surface area contributed by atoms with Gasteiger partial charge in [-0.3, -0.25) is 14.3 Å². The number of aryl methyl sites for hydroxylation is 2. The van der Waals surface area contributed by atoms with Crippen molar-refractivity contribution in [3.05, 3.63) is 53.1 Å². The molecule has 33 heavy (non-hydrogen) atoms. The maximum absolute atomic E-state index is 13.0. The summed E-state index contributed by atoms with van der Waals surface area (Å²) < 4.78 is 28.6. The Morgan fingerprint density at radius 2 is 1.64 bits per heavy atom. The highest BCUT2D eigenvalue weighted by molar-refractivity contribution is 7.92. The minimum absolute atomic E-state index is 0.0430. The molecule has 2 amide bonds. The van der Waals surface area contributed by atoms with Crippen LogP contribution in [0.1, 0.15) is 48.8 Å². The maximum Gasteiger partial charge on any atom is 0.261 e. The van der Waals surface area contributed by atoms with Crippen molar-refractivity contribution in [1.29, 1.82) is 0 Å². The molecule has 2 heterocycles. The molecular weight excluding hydrogens is 438 g/mol. The van der Waals surface area contributed by atoms with Gasteiger partial charge in [-0.05, 0) is 80.5 Å². The fourth-order valence-corrected chi connectivity index (χ4v) is 5.68. The molecule has 2 aromatic carbocycles. The molecule has 0 spiro atoms. The van der Waals surface area contributed by atoms with Crippen molar-refractivity contribution >= 4 is 33.2 Å². The third kappa shape index (κ3) is 5.21. The van der Waals surface area contributed by atoms with Crippen LogP contribution in [0.4, 0.5) is 11.4 Å². The lowest BCUT2D eigenvalue weighted by Gasteiger charge is -2.27. The second kappa shape index (κ2) is 9.55. The minimum Gasteiger partial charge on any atom is -0.343 e. The van der Waals surface area contributed by atoms with Crippen molar-refractivity contribution in [1.82, 2.24) is 4.90 Å². The topological polar surface area (TPSA) is 86.8 Å². The van der Waals surface area contributed by atoms with E-state index in [4.69, 9.17) is 0 Å².